The number of aliphatic carboxylic acids is 1. The van der Waals surface area contributed by atoms with Crippen LogP contribution in [0.5, 0.6) is 5.75 Å². The molecule has 2 aliphatic rings. The normalized spacial score (nSPS) is 24.1. The summed E-state index contributed by atoms with van der Waals surface area (Å²) in [7, 11) is 1.57. The van der Waals surface area contributed by atoms with Crippen molar-refractivity contribution in [3.63, 3.8) is 0 Å². The predicted molar refractivity (Wildman–Crippen MR) is 164 cm³/mol. The van der Waals surface area contributed by atoms with E-state index in [1.165, 1.54) is 42.2 Å². The van der Waals surface area contributed by atoms with E-state index in [-0.39, 0.29) is 18.0 Å². The lowest BCUT2D eigenvalue weighted by Gasteiger charge is -2.28. The molecule has 0 bridgehead atoms. The van der Waals surface area contributed by atoms with Gasteiger partial charge in [0.15, 0.2) is 0 Å². The van der Waals surface area contributed by atoms with E-state index in [2.05, 4.69) is 4.98 Å². The lowest BCUT2D eigenvalue weighted by atomic mass is 10.00. The summed E-state index contributed by atoms with van der Waals surface area (Å²) in [5.74, 6) is 0.282. The highest BCUT2D eigenvalue weighted by atomic mass is 32.1. The molecule has 2 N–H and O–H groups in total. The molecule has 0 radical (unpaired) electrons. The van der Waals surface area contributed by atoms with Crippen molar-refractivity contribution in [2.45, 2.75) is 83.3 Å². The van der Waals surface area contributed by atoms with Crippen LogP contribution in [0.1, 0.15) is 63.7 Å². The predicted octanol–water partition coefficient (Wildman–Crippen LogP) is 4.71. The molecule has 44 heavy (non-hydrogen) atoms. The molecule has 2 unspecified atom stereocenters. The SMILES string of the molecule is COc1ccccc1C(Cn1c(=O)n(C(C)(C)C(=O)O)c(=O)c2c(C)c(-c3ncco3)sc21)O[C@H]1CC2C[C@@](C)(O)C[C@H]2C1. The summed E-state index contributed by atoms with van der Waals surface area (Å²) in [5, 5.41) is 20.9. The summed E-state index contributed by atoms with van der Waals surface area (Å²) in [6.45, 7) is 6.31. The first kappa shape index (κ1) is 30.3. The van der Waals surface area contributed by atoms with E-state index in [1.54, 1.807) is 14.0 Å². The van der Waals surface area contributed by atoms with Gasteiger partial charge >= 0.3 is 11.7 Å². The summed E-state index contributed by atoms with van der Waals surface area (Å²) < 4.78 is 20.3. The molecule has 2 aliphatic carbocycles. The second-order valence-corrected chi connectivity index (χ2v) is 13.9. The number of fused-ring (bicyclic) bond motifs is 2. The summed E-state index contributed by atoms with van der Waals surface area (Å²) in [6.07, 6.45) is 5.18. The number of carboxylic acid groups (broad SMARTS) is 1. The Morgan fingerprint density at radius 2 is 1.91 bits per heavy atom. The molecule has 0 saturated heterocycles. The Morgan fingerprint density at radius 1 is 1.23 bits per heavy atom. The minimum Gasteiger partial charge on any atom is -0.496 e. The number of aryl methyl sites for hydroxylation is 1. The Kier molecular flexibility index (Phi) is 7.58. The van der Waals surface area contributed by atoms with Gasteiger partial charge in [0.1, 0.15) is 28.5 Å². The van der Waals surface area contributed by atoms with E-state index in [4.69, 9.17) is 13.9 Å². The van der Waals surface area contributed by atoms with E-state index in [0.29, 0.717) is 38.7 Å². The number of carbonyl (C=O) groups is 1. The first-order valence-corrected chi connectivity index (χ1v) is 15.6. The van der Waals surface area contributed by atoms with Gasteiger partial charge in [0.25, 0.3) is 5.56 Å². The number of methoxy groups -OCH3 is 1. The van der Waals surface area contributed by atoms with Crippen molar-refractivity contribution in [3.05, 3.63) is 68.7 Å². The minimum absolute atomic E-state index is 0.000209. The fraction of sp³-hybridized carbons (Fsp3) is 0.500. The standard InChI is InChI=1S/C32H37N3O8S/c1-17-24-27(36)35(31(2,3)29(37)38)30(39)34(28(24)44-25(17)26-33-10-11-42-26)16-23(21-8-6-7-9-22(21)41-5)43-20-12-18-14-32(4,40)15-19(18)13-20/h6-11,18-20,23,40H,12-16H2,1-5H3,(H,37,38)/t18-,19?,20-,23?,32+/m1/s1. The van der Waals surface area contributed by atoms with Crippen molar-refractivity contribution in [1.82, 2.24) is 14.1 Å². The number of hydrogen-bond acceptors (Lipinski definition) is 9. The maximum atomic E-state index is 14.3. The van der Waals surface area contributed by atoms with Crippen molar-refractivity contribution < 1.29 is 28.9 Å². The third-order valence-electron chi connectivity index (χ3n) is 9.31. The molecule has 1 aromatic carbocycles. The van der Waals surface area contributed by atoms with Crippen LogP contribution in [0.4, 0.5) is 0 Å². The highest BCUT2D eigenvalue weighted by Crippen LogP contribution is 2.50. The van der Waals surface area contributed by atoms with Gasteiger partial charge < -0.3 is 24.1 Å². The van der Waals surface area contributed by atoms with Gasteiger partial charge in [0.05, 0.1) is 41.8 Å². The average Bonchev–Trinajstić information content (AvgIpc) is 3.73. The molecule has 3 aromatic heterocycles. The lowest BCUT2D eigenvalue weighted by Crippen LogP contribution is -2.52. The molecule has 0 amide bonds. The number of benzene rings is 1. The molecular weight excluding hydrogens is 586 g/mol. The second-order valence-electron chi connectivity index (χ2n) is 12.9. The Balaban J connectivity index is 1.51. The fourth-order valence-electron chi connectivity index (χ4n) is 7.16. The zero-order valence-corrected chi connectivity index (χ0v) is 26.2. The van der Waals surface area contributed by atoms with Crippen LogP contribution >= 0.6 is 11.3 Å². The molecule has 5 atom stereocenters. The average molecular weight is 624 g/mol. The van der Waals surface area contributed by atoms with Gasteiger partial charge in [0.2, 0.25) is 5.89 Å². The van der Waals surface area contributed by atoms with Crippen LogP contribution in [-0.2, 0) is 21.6 Å². The first-order chi connectivity index (χ1) is 20.8. The van der Waals surface area contributed by atoms with Gasteiger partial charge in [-0.05, 0) is 76.8 Å². The fourth-order valence-corrected chi connectivity index (χ4v) is 8.40. The Hall–Kier alpha value is -3.74. The van der Waals surface area contributed by atoms with Gasteiger partial charge in [-0.25, -0.2) is 19.1 Å². The molecule has 0 aliphatic heterocycles. The topological polar surface area (TPSA) is 146 Å². The van der Waals surface area contributed by atoms with E-state index in [0.717, 1.165) is 35.8 Å². The maximum Gasteiger partial charge on any atom is 0.333 e. The summed E-state index contributed by atoms with van der Waals surface area (Å²) in [5.41, 5.74) is -2.66. The van der Waals surface area contributed by atoms with Crippen LogP contribution in [0.25, 0.3) is 21.0 Å². The number of nitrogens with zero attached hydrogens (tertiary/aromatic N) is 3. The van der Waals surface area contributed by atoms with Crippen molar-refractivity contribution in [2.75, 3.05) is 7.11 Å². The largest absolute Gasteiger partial charge is 0.496 e. The molecule has 3 heterocycles. The lowest BCUT2D eigenvalue weighted by molar-refractivity contribution is -0.146. The number of para-hydroxylation sites is 1. The van der Waals surface area contributed by atoms with Crippen molar-refractivity contribution in [2.24, 2.45) is 11.8 Å². The number of aliphatic hydroxyl groups is 1. The third-order valence-corrected chi connectivity index (χ3v) is 10.6. The van der Waals surface area contributed by atoms with Crippen LogP contribution in [0.2, 0.25) is 0 Å². The molecule has 6 rings (SSSR count). The van der Waals surface area contributed by atoms with Crippen LogP contribution < -0.4 is 16.0 Å². The van der Waals surface area contributed by atoms with Crippen molar-refractivity contribution >= 4 is 27.5 Å². The number of thiophene rings is 1. The maximum absolute atomic E-state index is 14.3. The molecule has 2 saturated carbocycles. The number of ether oxygens (including phenoxy) is 2. The van der Waals surface area contributed by atoms with Crippen molar-refractivity contribution in [1.29, 1.82) is 0 Å². The van der Waals surface area contributed by atoms with E-state index >= 15 is 0 Å². The number of oxazole rings is 1. The number of rotatable bonds is 9. The third kappa shape index (κ3) is 5.08. The zero-order chi connectivity index (χ0) is 31.6. The summed E-state index contributed by atoms with van der Waals surface area (Å²) >= 11 is 1.20. The number of hydrogen-bond donors (Lipinski definition) is 2. The van der Waals surface area contributed by atoms with Crippen LogP contribution in [-0.4, -0.2) is 49.1 Å². The second kappa shape index (κ2) is 11.0. The van der Waals surface area contributed by atoms with Gasteiger partial charge in [0, 0.05) is 5.56 Å². The van der Waals surface area contributed by atoms with E-state index < -0.39 is 34.5 Å². The Morgan fingerprint density at radius 3 is 2.52 bits per heavy atom. The Labute approximate surface area is 257 Å². The summed E-state index contributed by atoms with van der Waals surface area (Å²) in [6, 6.07) is 7.45. The number of carboxylic acids is 1. The van der Waals surface area contributed by atoms with E-state index in [1.807, 2.05) is 31.2 Å². The highest BCUT2D eigenvalue weighted by molar-refractivity contribution is 7.22. The Bertz CT molecular complexity index is 1820. The van der Waals surface area contributed by atoms with Gasteiger partial charge in [-0.2, -0.15) is 0 Å². The smallest absolute Gasteiger partial charge is 0.333 e. The molecule has 11 nitrogen and oxygen atoms in total. The minimum atomic E-state index is -1.83. The van der Waals surface area contributed by atoms with Gasteiger partial charge in [-0.15, -0.1) is 11.3 Å². The van der Waals surface area contributed by atoms with Crippen molar-refractivity contribution in [3.8, 4) is 16.5 Å². The van der Waals surface area contributed by atoms with Crippen LogP contribution in [0.15, 0.2) is 50.7 Å². The van der Waals surface area contributed by atoms with Crippen LogP contribution in [0, 0.1) is 18.8 Å². The van der Waals surface area contributed by atoms with Gasteiger partial charge in [-0.1, -0.05) is 18.2 Å². The number of aromatic nitrogens is 3. The summed E-state index contributed by atoms with van der Waals surface area (Å²) in [4.78, 5) is 45.8. The highest BCUT2D eigenvalue weighted by Gasteiger charge is 2.47. The molecule has 4 aromatic rings. The molecule has 234 valence electrons. The zero-order valence-electron chi connectivity index (χ0n) is 25.4. The quantitative estimate of drug-likeness (QED) is 0.271. The van der Waals surface area contributed by atoms with Gasteiger partial charge in [-0.3, -0.25) is 9.36 Å². The monoisotopic (exact) mass is 623 g/mol. The van der Waals surface area contributed by atoms with Crippen LogP contribution in [0.3, 0.4) is 0 Å². The molecule has 0 spiro atoms. The molecular formula is C32H37N3O8S. The molecule has 2 fully saturated rings. The molecule has 12 heteroatoms. The first-order valence-electron chi connectivity index (χ1n) is 14.8. The van der Waals surface area contributed by atoms with E-state index in [9.17, 15) is 24.6 Å².